The van der Waals surface area contributed by atoms with Gasteiger partial charge in [0.15, 0.2) is 0 Å². The van der Waals surface area contributed by atoms with E-state index in [2.05, 4.69) is 16.3 Å². The Labute approximate surface area is 112 Å². The third kappa shape index (κ3) is 2.28. The molecule has 3 aliphatic rings. The van der Waals surface area contributed by atoms with E-state index in [1.54, 1.807) is 0 Å². The zero-order chi connectivity index (χ0) is 11.9. The van der Waals surface area contributed by atoms with Crippen molar-refractivity contribution in [3.8, 4) is 0 Å². The van der Waals surface area contributed by atoms with Crippen LogP contribution < -0.4 is 10.2 Å². The molecule has 0 unspecified atom stereocenters. The fourth-order valence-electron chi connectivity index (χ4n) is 2.24. The third-order valence-corrected chi connectivity index (χ3v) is 4.64. The number of aromatic nitrogens is 2. The van der Waals surface area contributed by atoms with Crippen molar-refractivity contribution < 1.29 is 0 Å². The summed E-state index contributed by atoms with van der Waals surface area (Å²) in [5, 5.41) is 3.52. The summed E-state index contributed by atoms with van der Waals surface area (Å²) in [6, 6.07) is 2.79. The molecule has 1 aliphatic heterocycles. The Balaban J connectivity index is 1.63. The number of hydrogen-bond donors (Lipinski definition) is 1. The maximum atomic E-state index is 4.77. The lowest BCUT2D eigenvalue weighted by molar-refractivity contribution is 0.879. The number of rotatable bonds is 4. The molecule has 0 atom stereocenters. The Morgan fingerprint density at radius 2 is 2.11 bits per heavy atom. The Morgan fingerprint density at radius 3 is 2.78 bits per heavy atom. The highest BCUT2D eigenvalue weighted by Crippen LogP contribution is 2.39. The molecule has 1 aromatic heterocycles. The molecule has 1 N–H and O–H groups in total. The van der Waals surface area contributed by atoms with E-state index >= 15 is 0 Å². The molecule has 0 bridgehead atoms. The summed E-state index contributed by atoms with van der Waals surface area (Å²) < 4.78 is 0. The van der Waals surface area contributed by atoms with Gasteiger partial charge in [-0.2, -0.15) is 0 Å². The van der Waals surface area contributed by atoms with Crippen molar-refractivity contribution in [1.29, 1.82) is 0 Å². The van der Waals surface area contributed by atoms with Gasteiger partial charge in [0.2, 0.25) is 0 Å². The molecule has 0 aromatic carbocycles. The number of nitrogens with zero attached hydrogens (tertiary/aromatic N) is 3. The van der Waals surface area contributed by atoms with Crippen LogP contribution in [0.4, 0.5) is 11.6 Å². The van der Waals surface area contributed by atoms with Crippen LogP contribution >= 0.6 is 11.8 Å². The predicted molar refractivity (Wildman–Crippen MR) is 75.3 cm³/mol. The molecule has 5 heteroatoms. The molecule has 18 heavy (non-hydrogen) atoms. The molecular weight excluding hydrogens is 244 g/mol. The van der Waals surface area contributed by atoms with E-state index in [9.17, 15) is 0 Å². The first-order valence-corrected chi connectivity index (χ1v) is 8.02. The first-order valence-electron chi connectivity index (χ1n) is 6.87. The number of thioether (sulfide) groups is 1. The lowest BCUT2D eigenvalue weighted by Crippen LogP contribution is -2.20. The molecule has 2 aliphatic carbocycles. The summed E-state index contributed by atoms with van der Waals surface area (Å²) in [5.74, 6) is 6.15. The summed E-state index contributed by atoms with van der Waals surface area (Å²) in [4.78, 5) is 11.8. The van der Waals surface area contributed by atoms with E-state index in [-0.39, 0.29) is 0 Å². The molecular formula is C13H18N4S. The van der Waals surface area contributed by atoms with E-state index in [1.807, 2.05) is 11.8 Å². The summed E-state index contributed by atoms with van der Waals surface area (Å²) >= 11 is 1.98. The minimum atomic E-state index is 0.625. The Morgan fingerprint density at radius 1 is 1.22 bits per heavy atom. The zero-order valence-electron chi connectivity index (χ0n) is 10.4. The van der Waals surface area contributed by atoms with Crippen molar-refractivity contribution >= 4 is 23.4 Å². The maximum Gasteiger partial charge on any atom is 0.136 e. The van der Waals surface area contributed by atoms with Crippen LogP contribution in [0.3, 0.4) is 0 Å². The number of hydrogen-bond acceptors (Lipinski definition) is 5. The summed E-state index contributed by atoms with van der Waals surface area (Å²) in [6.45, 7) is 1.12. The predicted octanol–water partition coefficient (Wildman–Crippen LogP) is 2.44. The summed E-state index contributed by atoms with van der Waals surface area (Å²) in [5.41, 5.74) is 0. The molecule has 2 saturated carbocycles. The fourth-order valence-corrected chi connectivity index (χ4v) is 3.20. The lowest BCUT2D eigenvalue weighted by atomic mass is 10.3. The van der Waals surface area contributed by atoms with Gasteiger partial charge in [-0.25, -0.2) is 9.97 Å². The van der Waals surface area contributed by atoms with Gasteiger partial charge < -0.3 is 10.2 Å². The average Bonchev–Trinajstić information content (AvgIpc) is 3.30. The van der Waals surface area contributed by atoms with Crippen LogP contribution in [0.2, 0.25) is 0 Å². The lowest BCUT2D eigenvalue weighted by Gasteiger charge is -2.17. The molecule has 0 spiro atoms. The maximum absolute atomic E-state index is 4.77. The van der Waals surface area contributed by atoms with Gasteiger partial charge in [0, 0.05) is 30.3 Å². The van der Waals surface area contributed by atoms with Gasteiger partial charge in [0.1, 0.15) is 17.5 Å². The van der Waals surface area contributed by atoms with Gasteiger partial charge in [-0.15, -0.1) is 11.8 Å². The minimum Gasteiger partial charge on any atom is -0.367 e. The standard InChI is InChI=1S/C13H18N4S/c1-2-9(1)13-15-11(14-10-3-4-10)7-12(16-13)17-5-6-18-8-17/h7,9-10H,1-6,8H2,(H,14,15,16). The highest BCUT2D eigenvalue weighted by atomic mass is 32.2. The Hall–Kier alpha value is -0.970. The first-order chi connectivity index (χ1) is 8.88. The molecule has 96 valence electrons. The van der Waals surface area contributed by atoms with Crippen LogP contribution in [0, 0.1) is 0 Å². The van der Waals surface area contributed by atoms with Crippen LogP contribution in [0.15, 0.2) is 6.07 Å². The summed E-state index contributed by atoms with van der Waals surface area (Å²) in [6.07, 6.45) is 5.11. The second-order valence-electron chi connectivity index (χ2n) is 5.46. The number of nitrogens with one attached hydrogen (secondary N) is 1. The molecule has 4 nitrogen and oxygen atoms in total. The van der Waals surface area contributed by atoms with Crippen molar-refractivity contribution in [2.75, 3.05) is 28.4 Å². The first kappa shape index (κ1) is 10.9. The molecule has 1 aromatic rings. The largest absolute Gasteiger partial charge is 0.367 e. The second-order valence-corrected chi connectivity index (χ2v) is 6.54. The second kappa shape index (κ2) is 4.30. The smallest absolute Gasteiger partial charge is 0.136 e. The van der Waals surface area contributed by atoms with Gasteiger partial charge in [-0.1, -0.05) is 0 Å². The van der Waals surface area contributed by atoms with Crippen molar-refractivity contribution in [1.82, 2.24) is 9.97 Å². The van der Waals surface area contributed by atoms with Gasteiger partial charge in [0.25, 0.3) is 0 Å². The van der Waals surface area contributed by atoms with Crippen LogP contribution in [-0.4, -0.2) is 34.2 Å². The molecule has 2 heterocycles. The quantitative estimate of drug-likeness (QED) is 0.902. The number of anilines is 2. The normalized spacial score (nSPS) is 23.4. The summed E-state index contributed by atoms with van der Waals surface area (Å²) in [7, 11) is 0. The molecule has 4 rings (SSSR count). The van der Waals surface area contributed by atoms with Crippen LogP contribution in [0.5, 0.6) is 0 Å². The van der Waals surface area contributed by atoms with Gasteiger partial charge in [-0.05, 0) is 25.7 Å². The van der Waals surface area contributed by atoms with Crippen LogP contribution in [0.25, 0.3) is 0 Å². The highest BCUT2D eigenvalue weighted by Gasteiger charge is 2.29. The molecule has 0 amide bonds. The topological polar surface area (TPSA) is 41.1 Å². The van der Waals surface area contributed by atoms with E-state index < -0.39 is 0 Å². The monoisotopic (exact) mass is 262 g/mol. The van der Waals surface area contributed by atoms with E-state index in [0.29, 0.717) is 12.0 Å². The fraction of sp³-hybridized carbons (Fsp3) is 0.692. The SMILES string of the molecule is c1c(NC2CC2)nc(C2CC2)nc1N1CCSC1. The van der Waals surface area contributed by atoms with E-state index in [0.717, 1.165) is 29.9 Å². The van der Waals surface area contributed by atoms with Crippen molar-refractivity contribution in [3.63, 3.8) is 0 Å². The average molecular weight is 262 g/mol. The molecule has 1 saturated heterocycles. The van der Waals surface area contributed by atoms with Gasteiger partial charge >= 0.3 is 0 Å². The van der Waals surface area contributed by atoms with Gasteiger partial charge in [-0.3, -0.25) is 0 Å². The zero-order valence-corrected chi connectivity index (χ0v) is 11.2. The van der Waals surface area contributed by atoms with E-state index in [1.165, 1.54) is 31.4 Å². The van der Waals surface area contributed by atoms with Crippen molar-refractivity contribution in [2.24, 2.45) is 0 Å². The Bertz CT molecular complexity index is 450. The van der Waals surface area contributed by atoms with Gasteiger partial charge in [0.05, 0.1) is 5.88 Å². The van der Waals surface area contributed by atoms with Crippen LogP contribution in [-0.2, 0) is 0 Å². The Kier molecular flexibility index (Phi) is 2.60. The highest BCUT2D eigenvalue weighted by molar-refractivity contribution is 7.99. The van der Waals surface area contributed by atoms with E-state index in [4.69, 9.17) is 9.97 Å². The van der Waals surface area contributed by atoms with Crippen molar-refractivity contribution in [3.05, 3.63) is 11.9 Å². The molecule has 3 fully saturated rings. The van der Waals surface area contributed by atoms with Crippen molar-refractivity contribution in [2.45, 2.75) is 37.6 Å². The minimum absolute atomic E-state index is 0.625. The molecule has 0 radical (unpaired) electrons. The van der Waals surface area contributed by atoms with Crippen LogP contribution in [0.1, 0.15) is 37.4 Å². The third-order valence-electron chi connectivity index (χ3n) is 3.68.